The van der Waals surface area contributed by atoms with E-state index in [0.717, 1.165) is 0 Å². The van der Waals surface area contributed by atoms with Crippen molar-refractivity contribution in [2.45, 2.75) is 0 Å². The summed E-state index contributed by atoms with van der Waals surface area (Å²) in [4.78, 5) is 23.8. The highest BCUT2D eigenvalue weighted by Crippen LogP contribution is 2.12. The quantitative estimate of drug-likeness (QED) is 0.856. The maximum absolute atomic E-state index is 11.9. The van der Waals surface area contributed by atoms with Gasteiger partial charge in [0.2, 0.25) is 0 Å². The molecule has 0 heterocycles. The second-order valence-corrected chi connectivity index (χ2v) is 4.59. The van der Waals surface area contributed by atoms with Gasteiger partial charge in [-0.25, -0.2) is 0 Å². The normalized spacial score (nSPS) is 9.81. The fourth-order valence-electron chi connectivity index (χ4n) is 1.65. The predicted molar refractivity (Wildman–Crippen MR) is 79.4 cm³/mol. The summed E-state index contributed by atoms with van der Waals surface area (Å²) in [6.45, 7) is 0. The molecule has 2 aromatic rings. The lowest BCUT2D eigenvalue weighted by molar-refractivity contribution is 0.0846. The van der Waals surface area contributed by atoms with Crippen molar-refractivity contribution in [2.24, 2.45) is 0 Å². The maximum atomic E-state index is 11.9. The van der Waals surface area contributed by atoms with Crippen LogP contribution in [-0.2, 0) is 0 Å². The monoisotopic (exact) mass is 304 g/mol. The van der Waals surface area contributed by atoms with E-state index in [9.17, 15) is 9.59 Å². The maximum Gasteiger partial charge on any atom is 0.269 e. The number of nitrogens with one attached hydrogen (secondary N) is 2. The van der Waals surface area contributed by atoms with Crippen molar-refractivity contribution >= 4 is 23.4 Å². The van der Waals surface area contributed by atoms with E-state index in [1.54, 1.807) is 42.5 Å². The SMILES string of the molecule is COc1cccc(C(=O)NNC(=O)c2cccc(Cl)c2)c1. The smallest absolute Gasteiger partial charge is 0.269 e. The molecule has 2 aromatic carbocycles. The van der Waals surface area contributed by atoms with E-state index < -0.39 is 11.8 Å². The highest BCUT2D eigenvalue weighted by molar-refractivity contribution is 6.30. The van der Waals surface area contributed by atoms with Gasteiger partial charge in [0, 0.05) is 16.1 Å². The van der Waals surface area contributed by atoms with Crippen molar-refractivity contribution in [3.8, 4) is 5.75 Å². The van der Waals surface area contributed by atoms with Gasteiger partial charge in [0.25, 0.3) is 11.8 Å². The van der Waals surface area contributed by atoms with Crippen molar-refractivity contribution < 1.29 is 14.3 Å². The molecule has 21 heavy (non-hydrogen) atoms. The first-order chi connectivity index (χ1) is 10.1. The van der Waals surface area contributed by atoms with Gasteiger partial charge in [-0.3, -0.25) is 20.4 Å². The Morgan fingerprint density at radius 3 is 2.10 bits per heavy atom. The summed E-state index contributed by atoms with van der Waals surface area (Å²) in [5.41, 5.74) is 5.39. The number of amides is 2. The molecule has 0 fully saturated rings. The summed E-state index contributed by atoms with van der Waals surface area (Å²) in [6, 6.07) is 13.0. The van der Waals surface area contributed by atoms with Crippen LogP contribution in [0.15, 0.2) is 48.5 Å². The van der Waals surface area contributed by atoms with Crippen molar-refractivity contribution in [3.05, 3.63) is 64.7 Å². The molecule has 0 atom stereocenters. The van der Waals surface area contributed by atoms with E-state index in [1.165, 1.54) is 13.2 Å². The first-order valence-electron chi connectivity index (χ1n) is 6.10. The summed E-state index contributed by atoms with van der Waals surface area (Å²) < 4.78 is 5.03. The molecule has 0 saturated carbocycles. The van der Waals surface area contributed by atoms with Crippen molar-refractivity contribution in [1.82, 2.24) is 10.9 Å². The molecule has 6 heteroatoms. The number of hydrogen-bond acceptors (Lipinski definition) is 3. The molecule has 0 aliphatic rings. The summed E-state index contributed by atoms with van der Waals surface area (Å²) in [7, 11) is 1.51. The number of carbonyl (C=O) groups excluding carboxylic acids is 2. The van der Waals surface area contributed by atoms with Crippen LogP contribution in [0.4, 0.5) is 0 Å². The van der Waals surface area contributed by atoms with Crippen molar-refractivity contribution in [1.29, 1.82) is 0 Å². The molecule has 0 aromatic heterocycles. The molecular formula is C15H13ClN2O3. The highest BCUT2D eigenvalue weighted by Gasteiger charge is 2.09. The molecule has 2 rings (SSSR count). The van der Waals surface area contributed by atoms with E-state index >= 15 is 0 Å². The Labute approximate surface area is 126 Å². The Hall–Kier alpha value is -2.53. The number of hydrazine groups is 1. The number of carbonyl (C=O) groups is 2. The van der Waals surface area contributed by atoms with Gasteiger partial charge in [-0.05, 0) is 36.4 Å². The van der Waals surface area contributed by atoms with Crippen LogP contribution in [0.2, 0.25) is 5.02 Å². The molecule has 5 nitrogen and oxygen atoms in total. The molecule has 2 amide bonds. The average Bonchev–Trinajstić information content (AvgIpc) is 2.52. The van der Waals surface area contributed by atoms with E-state index in [0.29, 0.717) is 21.9 Å². The zero-order valence-electron chi connectivity index (χ0n) is 11.2. The Morgan fingerprint density at radius 2 is 1.52 bits per heavy atom. The Kier molecular flexibility index (Phi) is 4.79. The second-order valence-electron chi connectivity index (χ2n) is 4.15. The van der Waals surface area contributed by atoms with E-state index in [4.69, 9.17) is 16.3 Å². The summed E-state index contributed by atoms with van der Waals surface area (Å²) in [5.74, 6) is -0.332. The predicted octanol–water partition coefficient (Wildman–Crippen LogP) is 2.42. The zero-order valence-corrected chi connectivity index (χ0v) is 12.0. The number of hydrogen-bond donors (Lipinski definition) is 2. The average molecular weight is 305 g/mol. The Morgan fingerprint density at radius 1 is 0.952 bits per heavy atom. The van der Waals surface area contributed by atoms with Crippen molar-refractivity contribution in [3.63, 3.8) is 0 Å². The number of benzene rings is 2. The van der Waals surface area contributed by atoms with Gasteiger partial charge in [0.05, 0.1) is 7.11 Å². The number of ether oxygens (including phenoxy) is 1. The molecule has 0 unspecified atom stereocenters. The van der Waals surface area contributed by atoms with Gasteiger partial charge in [-0.15, -0.1) is 0 Å². The van der Waals surface area contributed by atoms with Crippen LogP contribution < -0.4 is 15.6 Å². The van der Waals surface area contributed by atoms with Crippen LogP contribution in [0, 0.1) is 0 Å². The van der Waals surface area contributed by atoms with Crippen LogP contribution in [-0.4, -0.2) is 18.9 Å². The number of halogens is 1. The third-order valence-electron chi connectivity index (χ3n) is 2.71. The third-order valence-corrected chi connectivity index (χ3v) is 2.94. The van der Waals surface area contributed by atoms with Gasteiger partial charge >= 0.3 is 0 Å². The lowest BCUT2D eigenvalue weighted by Crippen LogP contribution is -2.41. The molecule has 0 aliphatic carbocycles. The third kappa shape index (κ3) is 3.97. The lowest BCUT2D eigenvalue weighted by atomic mass is 10.2. The van der Waals surface area contributed by atoms with Gasteiger partial charge in [0.1, 0.15) is 5.75 Å². The van der Waals surface area contributed by atoms with E-state index in [1.807, 2.05) is 0 Å². The molecule has 0 bridgehead atoms. The standard InChI is InChI=1S/C15H13ClN2O3/c1-21-13-7-3-5-11(9-13)15(20)18-17-14(19)10-4-2-6-12(16)8-10/h2-9H,1H3,(H,17,19)(H,18,20). The van der Waals surface area contributed by atoms with Gasteiger partial charge < -0.3 is 4.74 Å². The van der Waals surface area contributed by atoms with E-state index in [2.05, 4.69) is 10.9 Å². The Balaban J connectivity index is 1.99. The van der Waals surface area contributed by atoms with E-state index in [-0.39, 0.29) is 0 Å². The summed E-state index contributed by atoms with van der Waals surface area (Å²) >= 11 is 5.80. The molecular weight excluding hydrogens is 292 g/mol. The number of rotatable bonds is 3. The molecule has 108 valence electrons. The summed E-state index contributed by atoms with van der Waals surface area (Å²) in [5, 5.41) is 0.446. The minimum atomic E-state index is -0.450. The van der Waals surface area contributed by atoms with Crippen LogP contribution in [0.5, 0.6) is 5.75 Å². The summed E-state index contributed by atoms with van der Waals surface area (Å²) in [6.07, 6.45) is 0. The molecule has 0 radical (unpaired) electrons. The first-order valence-corrected chi connectivity index (χ1v) is 6.48. The topological polar surface area (TPSA) is 67.4 Å². The van der Waals surface area contributed by atoms with Gasteiger partial charge in [0.15, 0.2) is 0 Å². The molecule has 0 aliphatic heterocycles. The van der Waals surface area contributed by atoms with Crippen LogP contribution in [0.1, 0.15) is 20.7 Å². The van der Waals surface area contributed by atoms with Gasteiger partial charge in [-0.1, -0.05) is 23.7 Å². The highest BCUT2D eigenvalue weighted by atomic mass is 35.5. The van der Waals surface area contributed by atoms with Crippen LogP contribution in [0.25, 0.3) is 0 Å². The van der Waals surface area contributed by atoms with Crippen LogP contribution >= 0.6 is 11.6 Å². The Bertz CT molecular complexity index is 673. The minimum Gasteiger partial charge on any atom is -0.497 e. The fourth-order valence-corrected chi connectivity index (χ4v) is 1.84. The molecule has 2 N–H and O–H groups in total. The number of methoxy groups -OCH3 is 1. The molecule has 0 spiro atoms. The van der Waals surface area contributed by atoms with Gasteiger partial charge in [-0.2, -0.15) is 0 Å². The zero-order chi connectivity index (χ0) is 15.2. The second kappa shape index (κ2) is 6.76. The lowest BCUT2D eigenvalue weighted by Gasteiger charge is -2.08. The molecule has 0 saturated heterocycles. The van der Waals surface area contributed by atoms with Crippen LogP contribution in [0.3, 0.4) is 0 Å². The largest absolute Gasteiger partial charge is 0.497 e. The minimum absolute atomic E-state index is 0.355. The van der Waals surface area contributed by atoms with Crippen molar-refractivity contribution in [2.75, 3.05) is 7.11 Å². The first kappa shape index (κ1) is 14.9. The fraction of sp³-hybridized carbons (Fsp3) is 0.0667.